The van der Waals surface area contributed by atoms with Crippen molar-refractivity contribution in [3.05, 3.63) is 59.7 Å². The Morgan fingerprint density at radius 3 is 2.41 bits per heavy atom. The fourth-order valence-corrected chi connectivity index (χ4v) is 4.60. The van der Waals surface area contributed by atoms with E-state index in [0.29, 0.717) is 31.0 Å². The Morgan fingerprint density at radius 2 is 1.78 bits per heavy atom. The van der Waals surface area contributed by atoms with E-state index >= 15 is 0 Å². The molecule has 0 saturated carbocycles. The Bertz CT molecular complexity index is 1040. The number of methoxy groups -OCH3 is 1. The summed E-state index contributed by atoms with van der Waals surface area (Å²) in [6.07, 6.45) is 1.47. The van der Waals surface area contributed by atoms with Crippen molar-refractivity contribution in [3.63, 3.8) is 0 Å². The number of nitrogens with one attached hydrogen (secondary N) is 1. The topological polar surface area (TPSA) is 102 Å². The molecule has 1 N–H and O–H groups in total. The van der Waals surface area contributed by atoms with Crippen LogP contribution >= 0.6 is 0 Å². The molecule has 2 aromatic rings. The van der Waals surface area contributed by atoms with Gasteiger partial charge < -0.3 is 14.4 Å². The molecule has 1 aliphatic rings. The number of esters is 1. The van der Waals surface area contributed by atoms with E-state index < -0.39 is 10.0 Å². The van der Waals surface area contributed by atoms with Crippen LogP contribution in [-0.2, 0) is 26.1 Å². The Kier molecular flexibility index (Phi) is 7.87. The van der Waals surface area contributed by atoms with E-state index in [9.17, 15) is 18.0 Å². The van der Waals surface area contributed by atoms with Gasteiger partial charge in [0, 0.05) is 25.2 Å². The largest absolute Gasteiger partial charge is 0.497 e. The highest BCUT2D eigenvalue weighted by Crippen LogP contribution is 2.20. The highest BCUT2D eigenvalue weighted by molar-refractivity contribution is 7.89. The van der Waals surface area contributed by atoms with Crippen molar-refractivity contribution in [2.45, 2.75) is 31.2 Å². The summed E-state index contributed by atoms with van der Waals surface area (Å²) in [5.74, 6) is -0.125. The van der Waals surface area contributed by atoms with Crippen molar-refractivity contribution in [3.8, 4) is 5.75 Å². The summed E-state index contributed by atoms with van der Waals surface area (Å²) in [7, 11) is -2.16. The average molecular weight is 461 g/mol. The first-order chi connectivity index (χ1) is 15.3. The number of hydrogen-bond acceptors (Lipinski definition) is 6. The molecule has 0 unspecified atom stereocenters. The summed E-state index contributed by atoms with van der Waals surface area (Å²) in [5.41, 5.74) is 1.22. The zero-order valence-corrected chi connectivity index (χ0v) is 19.1. The van der Waals surface area contributed by atoms with Crippen LogP contribution in [0.3, 0.4) is 0 Å². The third-order valence-electron chi connectivity index (χ3n) is 5.37. The van der Waals surface area contributed by atoms with Crippen molar-refractivity contribution >= 4 is 21.9 Å². The summed E-state index contributed by atoms with van der Waals surface area (Å²) in [4.78, 5) is 26.7. The molecule has 1 amide bonds. The molecule has 0 aromatic heterocycles. The Morgan fingerprint density at radius 1 is 1.09 bits per heavy atom. The third-order valence-corrected chi connectivity index (χ3v) is 6.78. The quantitative estimate of drug-likeness (QED) is 0.608. The number of carbonyl (C=O) groups is 2. The van der Waals surface area contributed by atoms with Crippen LogP contribution in [-0.4, -0.2) is 52.0 Å². The number of carbonyl (C=O) groups excluding carboxylic acids is 2. The molecule has 9 heteroatoms. The molecule has 3 rings (SSSR count). The first-order valence-corrected chi connectivity index (χ1v) is 12.0. The van der Waals surface area contributed by atoms with Gasteiger partial charge in [-0.3, -0.25) is 9.59 Å². The smallest absolute Gasteiger partial charge is 0.310 e. The summed E-state index contributed by atoms with van der Waals surface area (Å²) in [6.45, 7) is 3.13. The minimum Gasteiger partial charge on any atom is -0.497 e. The summed E-state index contributed by atoms with van der Waals surface area (Å²) < 4.78 is 37.6. The fraction of sp³-hybridized carbons (Fsp3) is 0.391. The molecule has 1 atom stereocenters. The van der Waals surface area contributed by atoms with E-state index in [1.165, 1.54) is 19.2 Å². The van der Waals surface area contributed by atoms with Crippen LogP contribution < -0.4 is 9.46 Å². The number of likely N-dealkylation sites (tertiary alicyclic amines) is 1. The number of rotatable bonds is 8. The van der Waals surface area contributed by atoms with Gasteiger partial charge in [0.2, 0.25) is 10.0 Å². The van der Waals surface area contributed by atoms with Gasteiger partial charge >= 0.3 is 5.97 Å². The predicted octanol–water partition coefficient (Wildman–Crippen LogP) is 2.59. The van der Waals surface area contributed by atoms with Gasteiger partial charge in [-0.25, -0.2) is 13.1 Å². The van der Waals surface area contributed by atoms with Gasteiger partial charge in [0.15, 0.2) is 0 Å². The van der Waals surface area contributed by atoms with Crippen LogP contribution in [0.5, 0.6) is 5.75 Å². The number of amides is 1. The first kappa shape index (κ1) is 23.7. The lowest BCUT2D eigenvalue weighted by Crippen LogP contribution is -2.42. The van der Waals surface area contributed by atoms with E-state index in [2.05, 4.69) is 4.72 Å². The highest BCUT2D eigenvalue weighted by atomic mass is 32.2. The standard InChI is InChI=1S/C23H28N2O6S/c1-3-31-23(27)19-5-4-14-25(16-19)22(26)18-8-6-17(7-9-18)15-24-32(28,29)21-12-10-20(30-2)11-13-21/h6-13,19,24H,3-5,14-16H2,1-2H3/t19-/m1/s1. The highest BCUT2D eigenvalue weighted by Gasteiger charge is 2.29. The number of piperidine rings is 1. The van der Waals surface area contributed by atoms with E-state index in [4.69, 9.17) is 9.47 Å². The fourth-order valence-electron chi connectivity index (χ4n) is 3.58. The second-order valence-corrected chi connectivity index (χ2v) is 9.31. The second-order valence-electron chi connectivity index (χ2n) is 7.54. The van der Waals surface area contributed by atoms with Crippen molar-refractivity contribution in [2.75, 3.05) is 26.8 Å². The molecule has 8 nitrogen and oxygen atoms in total. The molecule has 1 aliphatic heterocycles. The van der Waals surface area contributed by atoms with Gasteiger partial charge in [-0.15, -0.1) is 0 Å². The van der Waals surface area contributed by atoms with Crippen LogP contribution in [0.2, 0.25) is 0 Å². The molecule has 32 heavy (non-hydrogen) atoms. The minimum absolute atomic E-state index is 0.0947. The van der Waals surface area contributed by atoms with Gasteiger partial charge in [-0.2, -0.15) is 0 Å². The molecule has 2 aromatic carbocycles. The lowest BCUT2D eigenvalue weighted by atomic mass is 9.97. The molecule has 1 fully saturated rings. The zero-order chi connectivity index (χ0) is 23.1. The molecular weight excluding hydrogens is 432 g/mol. The van der Waals surface area contributed by atoms with Crippen molar-refractivity contribution < 1.29 is 27.5 Å². The van der Waals surface area contributed by atoms with Crippen molar-refractivity contribution in [1.82, 2.24) is 9.62 Å². The second kappa shape index (κ2) is 10.6. The number of benzene rings is 2. The number of hydrogen-bond donors (Lipinski definition) is 1. The minimum atomic E-state index is -3.67. The number of nitrogens with zero attached hydrogens (tertiary/aromatic N) is 1. The molecule has 172 valence electrons. The number of sulfonamides is 1. The first-order valence-electron chi connectivity index (χ1n) is 10.5. The van der Waals surface area contributed by atoms with Crippen molar-refractivity contribution in [1.29, 1.82) is 0 Å². The normalized spacial score (nSPS) is 16.4. The lowest BCUT2D eigenvalue weighted by Gasteiger charge is -2.31. The Hall–Kier alpha value is -2.91. The average Bonchev–Trinajstić information content (AvgIpc) is 2.83. The summed E-state index contributed by atoms with van der Waals surface area (Å²) >= 11 is 0. The van der Waals surface area contributed by atoms with Gasteiger partial charge in [0.1, 0.15) is 5.75 Å². The van der Waals surface area contributed by atoms with Crippen LogP contribution in [0.4, 0.5) is 0 Å². The predicted molar refractivity (Wildman–Crippen MR) is 119 cm³/mol. The molecule has 0 aliphatic carbocycles. The van der Waals surface area contributed by atoms with E-state index in [-0.39, 0.29) is 29.2 Å². The van der Waals surface area contributed by atoms with Gasteiger partial charge in [0.25, 0.3) is 5.91 Å². The third kappa shape index (κ3) is 5.86. The van der Waals surface area contributed by atoms with Crippen LogP contribution in [0.1, 0.15) is 35.7 Å². The summed E-state index contributed by atoms with van der Waals surface area (Å²) in [6, 6.07) is 12.9. The molecule has 0 radical (unpaired) electrons. The van der Waals surface area contributed by atoms with Crippen LogP contribution in [0, 0.1) is 5.92 Å². The van der Waals surface area contributed by atoms with Gasteiger partial charge in [-0.05, 0) is 61.7 Å². The van der Waals surface area contributed by atoms with Crippen molar-refractivity contribution in [2.24, 2.45) is 5.92 Å². The molecule has 0 spiro atoms. The van der Waals surface area contributed by atoms with Gasteiger partial charge in [-0.1, -0.05) is 12.1 Å². The van der Waals surface area contributed by atoms with Crippen LogP contribution in [0.15, 0.2) is 53.4 Å². The Balaban J connectivity index is 1.59. The maximum atomic E-state index is 12.8. The van der Waals surface area contributed by atoms with E-state index in [1.54, 1.807) is 48.2 Å². The van der Waals surface area contributed by atoms with E-state index in [1.807, 2.05) is 0 Å². The Labute approximate surface area is 188 Å². The van der Waals surface area contributed by atoms with E-state index in [0.717, 1.165) is 18.4 Å². The number of ether oxygens (including phenoxy) is 2. The molecule has 1 saturated heterocycles. The van der Waals surface area contributed by atoms with Gasteiger partial charge in [0.05, 0.1) is 24.5 Å². The lowest BCUT2D eigenvalue weighted by molar-refractivity contribution is -0.149. The summed E-state index contributed by atoms with van der Waals surface area (Å²) in [5, 5.41) is 0. The zero-order valence-electron chi connectivity index (χ0n) is 18.2. The van der Waals surface area contributed by atoms with Crippen LogP contribution in [0.25, 0.3) is 0 Å². The maximum Gasteiger partial charge on any atom is 0.310 e. The molecule has 1 heterocycles. The molecular formula is C23H28N2O6S. The maximum absolute atomic E-state index is 12.8. The SMILES string of the molecule is CCOC(=O)[C@@H]1CCCN(C(=O)c2ccc(CNS(=O)(=O)c3ccc(OC)cc3)cc2)C1. The monoisotopic (exact) mass is 460 g/mol. The molecule has 0 bridgehead atoms.